The van der Waals surface area contributed by atoms with Gasteiger partial charge in [-0.1, -0.05) is 12.1 Å². The molecule has 1 N–H and O–H groups in total. The van der Waals surface area contributed by atoms with Crippen LogP contribution in [0.5, 0.6) is 5.75 Å². The minimum Gasteiger partial charge on any atom is -0.497 e. The second-order valence-electron chi connectivity index (χ2n) is 7.01. The Morgan fingerprint density at radius 1 is 1.17 bits per heavy atom. The first-order valence-corrected chi connectivity index (χ1v) is 9.18. The average molecular weight is 402 g/mol. The van der Waals surface area contributed by atoms with Gasteiger partial charge >= 0.3 is 6.03 Å². The molecule has 2 heterocycles. The highest BCUT2D eigenvalue weighted by molar-refractivity contribution is 6.07. The van der Waals surface area contributed by atoms with Crippen LogP contribution in [0.25, 0.3) is 11.5 Å². The molecule has 1 aromatic heterocycles. The molecule has 8 nitrogen and oxygen atoms in total. The van der Waals surface area contributed by atoms with Crippen molar-refractivity contribution in [1.82, 2.24) is 15.2 Å². The number of benzene rings is 2. The summed E-state index contributed by atoms with van der Waals surface area (Å²) in [6, 6.07) is 15.3. The minimum atomic E-state index is -1.21. The highest BCUT2D eigenvalue weighted by Crippen LogP contribution is 2.30. The lowest BCUT2D eigenvalue weighted by molar-refractivity contribution is -0.131. The van der Waals surface area contributed by atoms with Crippen LogP contribution < -0.4 is 10.1 Å². The van der Waals surface area contributed by atoms with Gasteiger partial charge in [0.25, 0.3) is 5.91 Å². The minimum absolute atomic E-state index is 0.0177. The topological polar surface area (TPSA) is 108 Å². The van der Waals surface area contributed by atoms with Gasteiger partial charge in [-0.3, -0.25) is 9.69 Å². The van der Waals surface area contributed by atoms with Crippen molar-refractivity contribution >= 4 is 11.9 Å². The number of hydrogen-bond donors (Lipinski definition) is 1. The third-order valence-electron chi connectivity index (χ3n) is 5.08. The molecule has 1 fully saturated rings. The Balaban J connectivity index is 1.53. The Labute approximate surface area is 172 Å². The number of nitrogens with one attached hydrogen (secondary N) is 1. The second kappa shape index (κ2) is 7.37. The smallest absolute Gasteiger partial charge is 0.325 e. The number of imide groups is 1. The molecule has 1 atom stereocenters. The molecule has 0 radical (unpaired) electrons. The third kappa shape index (κ3) is 3.26. The SMILES string of the molecule is COc1ccc(-c2nc(CN3C(=O)N[C@](C)(c4ccc(C#N)cc4)C3=O)co2)cc1. The molecule has 8 heteroatoms. The van der Waals surface area contributed by atoms with Gasteiger partial charge in [0.2, 0.25) is 5.89 Å². The van der Waals surface area contributed by atoms with E-state index in [0.29, 0.717) is 28.5 Å². The standard InChI is InChI=1S/C22H18N4O4/c1-22(16-7-3-14(11-23)4-8-16)20(27)26(21(28)25-22)12-17-13-30-19(24-17)15-5-9-18(29-2)10-6-15/h3-10,13H,12H2,1-2H3,(H,25,28)/t22-/m1/s1. The number of amides is 3. The van der Waals surface area contributed by atoms with E-state index in [4.69, 9.17) is 14.4 Å². The lowest BCUT2D eigenvalue weighted by Gasteiger charge is -2.22. The normalized spacial score (nSPS) is 18.2. The lowest BCUT2D eigenvalue weighted by atomic mass is 9.91. The molecule has 1 aliphatic rings. The fourth-order valence-electron chi connectivity index (χ4n) is 3.32. The maximum Gasteiger partial charge on any atom is 0.325 e. The predicted molar refractivity (Wildman–Crippen MR) is 106 cm³/mol. The molecule has 0 saturated carbocycles. The first-order chi connectivity index (χ1) is 14.4. The Kier molecular flexibility index (Phi) is 4.72. The van der Waals surface area contributed by atoms with E-state index in [-0.39, 0.29) is 6.54 Å². The summed E-state index contributed by atoms with van der Waals surface area (Å²) < 4.78 is 10.7. The molecule has 3 aromatic rings. The van der Waals surface area contributed by atoms with E-state index in [0.717, 1.165) is 10.5 Å². The van der Waals surface area contributed by atoms with Gasteiger partial charge in [-0.2, -0.15) is 5.26 Å². The van der Waals surface area contributed by atoms with Gasteiger partial charge in [0.15, 0.2) is 0 Å². The van der Waals surface area contributed by atoms with Crippen molar-refractivity contribution in [3.8, 4) is 23.3 Å². The van der Waals surface area contributed by atoms with Crippen LogP contribution in [-0.2, 0) is 16.9 Å². The number of nitrogens with zero attached hydrogens (tertiary/aromatic N) is 3. The second-order valence-corrected chi connectivity index (χ2v) is 7.01. The zero-order chi connectivity index (χ0) is 21.3. The summed E-state index contributed by atoms with van der Waals surface area (Å²) in [5, 5.41) is 11.7. The number of aromatic nitrogens is 1. The third-order valence-corrected chi connectivity index (χ3v) is 5.08. The van der Waals surface area contributed by atoms with E-state index in [9.17, 15) is 9.59 Å². The van der Waals surface area contributed by atoms with E-state index >= 15 is 0 Å². The molecule has 3 amide bonds. The predicted octanol–water partition coefficient (Wildman–Crippen LogP) is 3.19. The van der Waals surface area contributed by atoms with Crippen LogP contribution in [0.15, 0.2) is 59.2 Å². The van der Waals surface area contributed by atoms with Crippen molar-refractivity contribution in [2.45, 2.75) is 19.0 Å². The summed E-state index contributed by atoms with van der Waals surface area (Å²) in [5.41, 5.74) is 1.06. The number of nitriles is 1. The van der Waals surface area contributed by atoms with Crippen LogP contribution in [0.4, 0.5) is 4.79 Å². The molecule has 150 valence electrons. The van der Waals surface area contributed by atoms with E-state index in [1.807, 2.05) is 18.2 Å². The number of methoxy groups -OCH3 is 1. The van der Waals surface area contributed by atoms with Gasteiger partial charge in [0.05, 0.1) is 31.0 Å². The van der Waals surface area contributed by atoms with Crippen molar-refractivity contribution < 1.29 is 18.7 Å². The molecular weight excluding hydrogens is 384 g/mol. The molecule has 1 saturated heterocycles. The first-order valence-electron chi connectivity index (χ1n) is 9.18. The highest BCUT2D eigenvalue weighted by Gasteiger charge is 2.49. The highest BCUT2D eigenvalue weighted by atomic mass is 16.5. The number of rotatable bonds is 5. The van der Waals surface area contributed by atoms with Crippen LogP contribution in [0.3, 0.4) is 0 Å². The quantitative estimate of drug-likeness (QED) is 0.657. The van der Waals surface area contributed by atoms with Crippen LogP contribution >= 0.6 is 0 Å². The molecule has 1 aliphatic heterocycles. The van der Waals surface area contributed by atoms with Crippen LogP contribution in [0.2, 0.25) is 0 Å². The first kappa shape index (κ1) is 19.2. The van der Waals surface area contributed by atoms with E-state index in [1.54, 1.807) is 50.4 Å². The van der Waals surface area contributed by atoms with Gasteiger partial charge in [-0.15, -0.1) is 0 Å². The maximum atomic E-state index is 13.0. The molecule has 30 heavy (non-hydrogen) atoms. The zero-order valence-electron chi connectivity index (χ0n) is 16.4. The van der Waals surface area contributed by atoms with Crippen molar-refractivity contribution in [1.29, 1.82) is 5.26 Å². The summed E-state index contributed by atoms with van der Waals surface area (Å²) >= 11 is 0. The summed E-state index contributed by atoms with van der Waals surface area (Å²) in [5.74, 6) is 0.702. The fraction of sp³-hybridized carbons (Fsp3) is 0.182. The van der Waals surface area contributed by atoms with Gasteiger partial charge < -0.3 is 14.5 Å². The number of urea groups is 1. The van der Waals surface area contributed by atoms with E-state index in [1.165, 1.54) is 6.26 Å². The fourth-order valence-corrected chi connectivity index (χ4v) is 3.32. The van der Waals surface area contributed by atoms with E-state index in [2.05, 4.69) is 10.3 Å². The van der Waals surface area contributed by atoms with Crippen molar-refractivity contribution in [3.63, 3.8) is 0 Å². The Bertz CT molecular complexity index is 1150. The monoisotopic (exact) mass is 402 g/mol. The molecule has 0 spiro atoms. The Hall–Kier alpha value is -4.12. The van der Waals surface area contributed by atoms with Crippen LogP contribution in [-0.4, -0.2) is 28.9 Å². The maximum absolute atomic E-state index is 13.0. The molecule has 0 bridgehead atoms. The Morgan fingerprint density at radius 2 is 1.87 bits per heavy atom. The van der Waals surface area contributed by atoms with Gasteiger partial charge in [0, 0.05) is 5.56 Å². The van der Waals surface area contributed by atoms with Crippen molar-refractivity contribution in [2.75, 3.05) is 7.11 Å². The molecule has 2 aromatic carbocycles. The number of oxazole rings is 1. The zero-order valence-corrected chi connectivity index (χ0v) is 16.4. The molecule has 0 unspecified atom stereocenters. The summed E-state index contributed by atoms with van der Waals surface area (Å²) in [6.07, 6.45) is 1.43. The molecular formula is C22H18N4O4. The van der Waals surface area contributed by atoms with E-state index < -0.39 is 17.5 Å². The number of carbonyl (C=O) groups excluding carboxylic acids is 2. The Morgan fingerprint density at radius 3 is 2.50 bits per heavy atom. The number of hydrogen-bond acceptors (Lipinski definition) is 6. The molecule has 4 rings (SSSR count). The number of carbonyl (C=O) groups is 2. The van der Waals surface area contributed by atoms with Crippen LogP contribution in [0.1, 0.15) is 23.7 Å². The number of ether oxygens (including phenoxy) is 1. The summed E-state index contributed by atoms with van der Waals surface area (Å²) in [6.45, 7) is 1.62. The molecule has 0 aliphatic carbocycles. The largest absolute Gasteiger partial charge is 0.497 e. The van der Waals surface area contributed by atoms with Gasteiger partial charge in [0.1, 0.15) is 17.6 Å². The van der Waals surface area contributed by atoms with Crippen molar-refractivity contribution in [2.24, 2.45) is 0 Å². The lowest BCUT2D eigenvalue weighted by Crippen LogP contribution is -2.40. The van der Waals surface area contributed by atoms with Gasteiger partial charge in [-0.05, 0) is 48.9 Å². The summed E-state index contributed by atoms with van der Waals surface area (Å²) in [4.78, 5) is 31.1. The average Bonchev–Trinajstić information content (AvgIpc) is 3.33. The summed E-state index contributed by atoms with van der Waals surface area (Å²) in [7, 11) is 1.59. The van der Waals surface area contributed by atoms with Crippen LogP contribution in [0, 0.1) is 11.3 Å². The van der Waals surface area contributed by atoms with Gasteiger partial charge in [-0.25, -0.2) is 9.78 Å². The van der Waals surface area contributed by atoms with Crippen molar-refractivity contribution in [3.05, 3.63) is 71.6 Å².